The molecule has 2 heterocycles. The van der Waals surface area contributed by atoms with E-state index in [0.717, 1.165) is 0 Å². The van der Waals surface area contributed by atoms with Crippen molar-refractivity contribution in [3.05, 3.63) is 104 Å². The van der Waals surface area contributed by atoms with E-state index in [9.17, 15) is 4.57 Å². The molecule has 33 heavy (non-hydrogen) atoms. The Hall–Kier alpha value is -4.29. The first kappa shape index (κ1) is 20.6. The lowest BCUT2D eigenvalue weighted by Crippen LogP contribution is -2.08. The first-order valence-corrected chi connectivity index (χ1v) is 11.4. The molecule has 0 fully saturated rings. The molecule has 5 aromatic rings. The lowest BCUT2D eigenvalue weighted by atomic mass is 10.1. The first-order chi connectivity index (χ1) is 16.2. The number of phosphoric ester groups is 1. The van der Waals surface area contributed by atoms with Crippen LogP contribution >= 0.6 is 7.82 Å². The van der Waals surface area contributed by atoms with Gasteiger partial charge in [-0.15, -0.1) is 0 Å². The molecule has 164 valence electrons. The maximum atomic E-state index is 13.8. The topological polar surface area (TPSA) is 96.8 Å². The van der Waals surface area contributed by atoms with Crippen LogP contribution in [0.15, 0.2) is 113 Å². The van der Waals surface area contributed by atoms with Gasteiger partial charge >= 0.3 is 7.82 Å². The molecule has 2 aromatic heterocycles. The highest BCUT2D eigenvalue weighted by molar-refractivity contribution is 7.49. The fourth-order valence-electron chi connectivity index (χ4n) is 3.03. The fraction of sp³-hybridized carbons (Fsp3) is 0. The maximum Gasteiger partial charge on any atom is 0.647 e. The predicted molar refractivity (Wildman–Crippen MR) is 120 cm³/mol. The van der Waals surface area contributed by atoms with Crippen molar-refractivity contribution >= 4 is 7.82 Å². The minimum atomic E-state index is -4.20. The minimum Gasteiger partial charge on any atom is -0.445 e. The van der Waals surface area contributed by atoms with Gasteiger partial charge in [0, 0.05) is 5.56 Å². The van der Waals surface area contributed by atoms with E-state index in [1.165, 1.54) is 18.7 Å². The summed E-state index contributed by atoms with van der Waals surface area (Å²) >= 11 is 0. The molecule has 9 heteroatoms. The van der Waals surface area contributed by atoms with Crippen molar-refractivity contribution in [3.8, 4) is 40.2 Å². The zero-order valence-corrected chi connectivity index (χ0v) is 18.0. The summed E-state index contributed by atoms with van der Waals surface area (Å²) in [6.45, 7) is 0. The summed E-state index contributed by atoms with van der Waals surface area (Å²) in [5, 5.41) is 0. The second-order valence-corrected chi connectivity index (χ2v) is 8.17. The third kappa shape index (κ3) is 4.81. The number of para-hydroxylation sites is 2. The Balaban J connectivity index is 1.55. The van der Waals surface area contributed by atoms with E-state index in [2.05, 4.69) is 9.97 Å². The summed E-state index contributed by atoms with van der Waals surface area (Å²) in [5.41, 5.74) is 1.08. The van der Waals surface area contributed by atoms with Crippen molar-refractivity contribution in [1.82, 2.24) is 9.97 Å². The number of aromatic nitrogens is 2. The van der Waals surface area contributed by atoms with Crippen LogP contribution in [0.2, 0.25) is 0 Å². The van der Waals surface area contributed by atoms with Crippen molar-refractivity contribution in [2.45, 2.75) is 0 Å². The number of hydrogen-bond acceptors (Lipinski definition) is 8. The Kier molecular flexibility index (Phi) is 5.66. The molecule has 0 saturated heterocycles. The van der Waals surface area contributed by atoms with Gasteiger partial charge in [-0.3, -0.25) is 0 Å². The molecular weight excluding hydrogens is 443 g/mol. The largest absolute Gasteiger partial charge is 0.647 e. The van der Waals surface area contributed by atoms with Crippen LogP contribution < -0.4 is 13.6 Å². The molecule has 0 aliphatic heterocycles. The highest BCUT2D eigenvalue weighted by Gasteiger charge is 2.34. The van der Waals surface area contributed by atoms with Crippen molar-refractivity contribution in [2.75, 3.05) is 0 Å². The Bertz CT molecular complexity index is 1310. The second kappa shape index (κ2) is 9.06. The van der Waals surface area contributed by atoms with Crippen LogP contribution in [-0.4, -0.2) is 9.97 Å². The van der Waals surface area contributed by atoms with Gasteiger partial charge in [-0.2, -0.15) is 4.57 Å². The molecule has 0 aliphatic carbocycles. The number of nitrogens with zero attached hydrogens (tertiary/aromatic N) is 2. The number of hydrogen-bond donors (Lipinski definition) is 0. The number of rotatable bonds is 8. The molecule has 0 aliphatic rings. The van der Waals surface area contributed by atoms with Gasteiger partial charge in [0.1, 0.15) is 29.8 Å². The average molecular weight is 460 g/mol. The van der Waals surface area contributed by atoms with Crippen LogP contribution in [-0.2, 0) is 4.57 Å². The highest BCUT2D eigenvalue weighted by atomic mass is 31.2. The van der Waals surface area contributed by atoms with Crippen LogP contribution in [0.25, 0.3) is 22.9 Å². The predicted octanol–water partition coefficient (Wildman–Crippen LogP) is 6.64. The SMILES string of the molecule is O=P(Oc1ccccc1)(Oc1ccccc1)Oc1ccc(-c2ncco2)cc1-c1ncco1. The van der Waals surface area contributed by atoms with E-state index in [-0.39, 0.29) is 11.6 Å². The van der Waals surface area contributed by atoms with Gasteiger partial charge in [-0.25, -0.2) is 9.97 Å². The third-order valence-corrected chi connectivity index (χ3v) is 5.74. The van der Waals surface area contributed by atoms with E-state index >= 15 is 0 Å². The monoisotopic (exact) mass is 460 g/mol. The molecule has 0 spiro atoms. The highest BCUT2D eigenvalue weighted by Crippen LogP contribution is 2.51. The van der Waals surface area contributed by atoms with Crippen molar-refractivity contribution in [2.24, 2.45) is 0 Å². The lowest BCUT2D eigenvalue weighted by Gasteiger charge is -2.20. The summed E-state index contributed by atoms with van der Waals surface area (Å²) in [4.78, 5) is 8.36. The molecule has 5 rings (SSSR count). The van der Waals surface area contributed by atoms with Gasteiger partial charge < -0.3 is 22.4 Å². The molecule has 0 radical (unpaired) electrons. The van der Waals surface area contributed by atoms with Crippen LogP contribution in [0.1, 0.15) is 0 Å². The lowest BCUT2D eigenvalue weighted by molar-refractivity contribution is 0.298. The molecule has 3 aromatic carbocycles. The Morgan fingerprint density at radius 2 is 1.24 bits per heavy atom. The zero-order valence-electron chi connectivity index (χ0n) is 17.1. The van der Waals surface area contributed by atoms with Crippen molar-refractivity contribution < 1.29 is 27.0 Å². The molecule has 0 bridgehead atoms. The third-order valence-electron chi connectivity index (χ3n) is 4.45. The van der Waals surface area contributed by atoms with Crippen LogP contribution in [0, 0.1) is 0 Å². The average Bonchev–Trinajstić information content (AvgIpc) is 3.55. The number of oxazole rings is 2. The summed E-state index contributed by atoms with van der Waals surface area (Å²) in [6, 6.07) is 22.3. The van der Waals surface area contributed by atoms with Gasteiger partial charge in [-0.05, 0) is 42.5 Å². The Morgan fingerprint density at radius 3 is 1.79 bits per heavy atom. The van der Waals surface area contributed by atoms with Gasteiger partial charge in [0.15, 0.2) is 0 Å². The Morgan fingerprint density at radius 1 is 0.667 bits per heavy atom. The summed E-state index contributed by atoms with van der Waals surface area (Å²) in [7, 11) is -4.20. The second-order valence-electron chi connectivity index (χ2n) is 6.73. The van der Waals surface area contributed by atoms with Gasteiger partial charge in [0.05, 0.1) is 18.0 Å². The van der Waals surface area contributed by atoms with Crippen LogP contribution in [0.5, 0.6) is 17.2 Å². The molecule has 0 amide bonds. The van der Waals surface area contributed by atoms with Gasteiger partial charge in [0.2, 0.25) is 11.8 Å². The summed E-state index contributed by atoms with van der Waals surface area (Å²) in [6.07, 6.45) is 5.94. The zero-order chi connectivity index (χ0) is 22.5. The Labute approximate surface area is 189 Å². The standard InChI is InChI=1S/C24H17N2O6P/c27-33(30-19-7-3-1-4-8-19,31-20-9-5-2-6-10-20)32-22-12-11-18(23-25-13-15-28-23)17-21(22)24-26-14-16-29-24/h1-17H. The molecule has 0 atom stereocenters. The number of benzene rings is 3. The van der Waals surface area contributed by atoms with E-state index in [1.54, 1.807) is 72.9 Å². The first-order valence-electron chi connectivity index (χ1n) is 9.91. The summed E-state index contributed by atoms with van der Waals surface area (Å²) in [5.74, 6) is 1.49. The smallest absolute Gasteiger partial charge is 0.445 e. The van der Waals surface area contributed by atoms with Gasteiger partial charge in [0.25, 0.3) is 0 Å². The van der Waals surface area contributed by atoms with E-state index < -0.39 is 7.82 Å². The molecular formula is C24H17N2O6P. The van der Waals surface area contributed by atoms with E-state index in [0.29, 0.717) is 28.5 Å². The van der Waals surface area contributed by atoms with E-state index in [4.69, 9.17) is 22.4 Å². The quantitative estimate of drug-likeness (QED) is 0.238. The molecule has 0 N–H and O–H groups in total. The van der Waals surface area contributed by atoms with Gasteiger partial charge in [-0.1, -0.05) is 36.4 Å². The van der Waals surface area contributed by atoms with Crippen molar-refractivity contribution in [1.29, 1.82) is 0 Å². The maximum absolute atomic E-state index is 13.8. The van der Waals surface area contributed by atoms with E-state index in [1.807, 2.05) is 12.1 Å². The summed E-state index contributed by atoms with van der Waals surface area (Å²) < 4.78 is 42.0. The van der Waals surface area contributed by atoms with Crippen LogP contribution in [0.3, 0.4) is 0 Å². The molecule has 0 unspecified atom stereocenters. The van der Waals surface area contributed by atoms with Crippen molar-refractivity contribution in [3.63, 3.8) is 0 Å². The van der Waals surface area contributed by atoms with Crippen LogP contribution in [0.4, 0.5) is 0 Å². The normalized spacial score (nSPS) is 11.2. The number of phosphoric acid groups is 1. The molecule has 8 nitrogen and oxygen atoms in total. The fourth-order valence-corrected chi connectivity index (χ4v) is 4.30. The minimum absolute atomic E-state index is 0.183. The molecule has 0 saturated carbocycles.